The number of ether oxygens (including phenoxy) is 5. The quantitative estimate of drug-likeness (QED) is 0.472. The molecule has 0 bridgehead atoms. The number of carbonyl (C=O) groups excluding carboxylic acids is 1. The SMILES string of the molecule is CO[C@@H](/C=C/C(=O)O)[C@@H](OC(=O)Nc1ccc2c(c1)OCO2)c1ccc(OCCO)cc1. The smallest absolute Gasteiger partial charge is 0.412 e. The highest BCUT2D eigenvalue weighted by Gasteiger charge is 2.26. The zero-order chi connectivity index (χ0) is 22.9. The van der Waals surface area contributed by atoms with Gasteiger partial charge in [-0.2, -0.15) is 0 Å². The van der Waals surface area contributed by atoms with E-state index in [1.807, 2.05) is 0 Å². The van der Waals surface area contributed by atoms with Crippen molar-refractivity contribution in [1.29, 1.82) is 0 Å². The normalized spacial score (nSPS) is 14.1. The summed E-state index contributed by atoms with van der Waals surface area (Å²) in [6.07, 6.45) is -0.412. The summed E-state index contributed by atoms with van der Waals surface area (Å²) in [4.78, 5) is 23.6. The Balaban J connectivity index is 1.77. The van der Waals surface area contributed by atoms with Crippen LogP contribution in [0.5, 0.6) is 17.2 Å². The van der Waals surface area contributed by atoms with Crippen LogP contribution < -0.4 is 19.5 Å². The third kappa shape index (κ3) is 6.13. The molecule has 1 aliphatic rings. The van der Waals surface area contributed by atoms with Crippen LogP contribution in [0.25, 0.3) is 0 Å². The minimum absolute atomic E-state index is 0.106. The molecule has 1 aliphatic heterocycles. The predicted molar refractivity (Wildman–Crippen MR) is 112 cm³/mol. The fraction of sp³-hybridized carbons (Fsp3) is 0.273. The van der Waals surface area contributed by atoms with Gasteiger partial charge in [0.05, 0.1) is 6.61 Å². The predicted octanol–water partition coefficient (Wildman–Crippen LogP) is 2.73. The van der Waals surface area contributed by atoms with Gasteiger partial charge in [0.15, 0.2) is 17.6 Å². The summed E-state index contributed by atoms with van der Waals surface area (Å²) in [7, 11) is 1.38. The number of carboxylic acid groups (broad SMARTS) is 1. The van der Waals surface area contributed by atoms with Crippen LogP contribution in [-0.2, 0) is 14.3 Å². The van der Waals surface area contributed by atoms with Crippen molar-refractivity contribution < 1.29 is 43.5 Å². The van der Waals surface area contributed by atoms with Gasteiger partial charge in [-0.1, -0.05) is 12.1 Å². The lowest BCUT2D eigenvalue weighted by molar-refractivity contribution is -0.131. The van der Waals surface area contributed by atoms with E-state index in [2.05, 4.69) is 5.32 Å². The van der Waals surface area contributed by atoms with Gasteiger partial charge in [0.25, 0.3) is 0 Å². The van der Waals surface area contributed by atoms with E-state index >= 15 is 0 Å². The summed E-state index contributed by atoms with van der Waals surface area (Å²) in [6, 6.07) is 11.5. The number of anilines is 1. The molecule has 1 amide bonds. The molecule has 0 fully saturated rings. The summed E-state index contributed by atoms with van der Waals surface area (Å²) in [5.74, 6) is 0.422. The number of carboxylic acids is 1. The fourth-order valence-corrected chi connectivity index (χ4v) is 2.96. The molecule has 0 aromatic heterocycles. The number of aliphatic hydroxyl groups is 1. The van der Waals surface area contributed by atoms with Crippen molar-refractivity contribution in [1.82, 2.24) is 0 Å². The molecule has 3 rings (SSSR count). The third-order valence-corrected chi connectivity index (χ3v) is 4.42. The van der Waals surface area contributed by atoms with E-state index in [4.69, 9.17) is 33.9 Å². The Morgan fingerprint density at radius 1 is 1.16 bits per heavy atom. The first-order chi connectivity index (χ1) is 15.5. The number of hydrogen-bond acceptors (Lipinski definition) is 8. The second-order valence-corrected chi connectivity index (χ2v) is 6.56. The molecular formula is C22H23NO9. The molecule has 2 aromatic carbocycles. The molecule has 0 spiro atoms. The average molecular weight is 445 g/mol. The number of hydrogen-bond donors (Lipinski definition) is 3. The van der Waals surface area contributed by atoms with E-state index in [0.717, 1.165) is 6.08 Å². The van der Waals surface area contributed by atoms with Crippen molar-refractivity contribution in [3.63, 3.8) is 0 Å². The Morgan fingerprint density at radius 3 is 2.59 bits per heavy atom. The number of carbonyl (C=O) groups is 2. The number of fused-ring (bicyclic) bond motifs is 1. The number of aliphatic carboxylic acids is 1. The average Bonchev–Trinajstić information content (AvgIpc) is 3.25. The van der Waals surface area contributed by atoms with Crippen LogP contribution in [0.2, 0.25) is 0 Å². The standard InChI is InChI=1S/C22H23NO9/c1-28-18(8-9-20(25)26)21(14-2-5-16(6-3-14)29-11-10-24)32-22(27)23-15-4-7-17-19(12-15)31-13-30-17/h2-9,12,18,21,24H,10-11,13H2,1H3,(H,23,27)(H,25,26)/b9-8+/t18-,21-/m0/s1. The van der Waals surface area contributed by atoms with E-state index in [1.165, 1.54) is 13.2 Å². The monoisotopic (exact) mass is 445 g/mol. The topological polar surface area (TPSA) is 133 Å². The molecule has 0 radical (unpaired) electrons. The van der Waals surface area contributed by atoms with Gasteiger partial charge in [0.1, 0.15) is 18.5 Å². The Bertz CT molecular complexity index is 958. The maximum absolute atomic E-state index is 12.6. The summed E-state index contributed by atoms with van der Waals surface area (Å²) in [6.45, 7) is 0.118. The molecule has 0 unspecified atom stereocenters. The third-order valence-electron chi connectivity index (χ3n) is 4.42. The van der Waals surface area contributed by atoms with Crippen molar-refractivity contribution in [3.8, 4) is 17.2 Å². The largest absolute Gasteiger partial charge is 0.491 e. The molecule has 32 heavy (non-hydrogen) atoms. The fourth-order valence-electron chi connectivity index (χ4n) is 2.96. The second-order valence-electron chi connectivity index (χ2n) is 6.56. The molecule has 0 saturated carbocycles. The molecule has 3 N–H and O–H groups in total. The van der Waals surface area contributed by atoms with Gasteiger partial charge in [-0.25, -0.2) is 9.59 Å². The molecular weight excluding hydrogens is 422 g/mol. The Hall–Kier alpha value is -3.76. The molecule has 170 valence electrons. The Morgan fingerprint density at radius 2 is 1.91 bits per heavy atom. The van der Waals surface area contributed by atoms with E-state index in [1.54, 1.807) is 42.5 Å². The van der Waals surface area contributed by atoms with Crippen LogP contribution in [-0.4, -0.2) is 55.5 Å². The van der Waals surface area contributed by atoms with Crippen LogP contribution in [0.4, 0.5) is 10.5 Å². The minimum Gasteiger partial charge on any atom is -0.491 e. The Kier molecular flexibility index (Phi) is 7.90. The zero-order valence-electron chi connectivity index (χ0n) is 17.2. The summed E-state index contributed by atoms with van der Waals surface area (Å²) >= 11 is 0. The zero-order valence-corrected chi connectivity index (χ0v) is 17.2. The van der Waals surface area contributed by atoms with Gasteiger partial charge in [0, 0.05) is 24.9 Å². The van der Waals surface area contributed by atoms with Crippen molar-refractivity contribution in [2.75, 3.05) is 32.4 Å². The molecule has 1 heterocycles. The molecule has 2 aromatic rings. The van der Waals surface area contributed by atoms with Gasteiger partial charge < -0.3 is 33.9 Å². The van der Waals surface area contributed by atoms with Gasteiger partial charge in [-0.05, 0) is 35.9 Å². The summed E-state index contributed by atoms with van der Waals surface area (Å²) < 4.78 is 26.8. The van der Waals surface area contributed by atoms with E-state index in [-0.39, 0.29) is 20.0 Å². The maximum atomic E-state index is 12.6. The highest BCUT2D eigenvalue weighted by atomic mass is 16.7. The van der Waals surface area contributed by atoms with E-state index in [0.29, 0.717) is 28.5 Å². The van der Waals surface area contributed by atoms with Crippen molar-refractivity contribution >= 4 is 17.7 Å². The van der Waals surface area contributed by atoms with Crippen LogP contribution in [0.1, 0.15) is 11.7 Å². The molecule has 10 nitrogen and oxygen atoms in total. The van der Waals surface area contributed by atoms with Crippen LogP contribution in [0, 0.1) is 0 Å². The number of methoxy groups -OCH3 is 1. The first kappa shape index (κ1) is 22.9. The number of benzene rings is 2. The number of nitrogens with one attached hydrogen (secondary N) is 1. The van der Waals surface area contributed by atoms with Crippen molar-refractivity contribution in [2.24, 2.45) is 0 Å². The van der Waals surface area contributed by atoms with Crippen LogP contribution in [0.15, 0.2) is 54.6 Å². The highest BCUT2D eigenvalue weighted by molar-refractivity contribution is 5.85. The van der Waals surface area contributed by atoms with Crippen LogP contribution >= 0.6 is 0 Å². The second kappa shape index (κ2) is 11.0. The number of rotatable bonds is 10. The van der Waals surface area contributed by atoms with Gasteiger partial charge >= 0.3 is 12.1 Å². The first-order valence-electron chi connectivity index (χ1n) is 9.65. The van der Waals surface area contributed by atoms with Crippen LogP contribution in [0.3, 0.4) is 0 Å². The van der Waals surface area contributed by atoms with E-state index < -0.39 is 24.3 Å². The lowest BCUT2D eigenvalue weighted by atomic mass is 10.0. The molecule has 0 aliphatic carbocycles. The van der Waals surface area contributed by atoms with Gasteiger partial charge in [0.2, 0.25) is 6.79 Å². The van der Waals surface area contributed by atoms with Crippen molar-refractivity contribution in [2.45, 2.75) is 12.2 Å². The Labute approximate surface area is 183 Å². The molecule has 10 heteroatoms. The summed E-state index contributed by atoms with van der Waals surface area (Å²) in [5.41, 5.74) is 0.977. The van der Waals surface area contributed by atoms with E-state index in [9.17, 15) is 9.59 Å². The van der Waals surface area contributed by atoms with Gasteiger partial charge in [-0.3, -0.25) is 5.32 Å². The number of aliphatic hydroxyl groups excluding tert-OH is 1. The molecule has 2 atom stereocenters. The minimum atomic E-state index is -1.16. The molecule has 0 saturated heterocycles. The summed E-state index contributed by atoms with van der Waals surface area (Å²) in [5, 5.41) is 20.4. The first-order valence-corrected chi connectivity index (χ1v) is 9.65. The highest BCUT2D eigenvalue weighted by Crippen LogP contribution is 2.34. The van der Waals surface area contributed by atoms with Crippen molar-refractivity contribution in [3.05, 3.63) is 60.2 Å². The lowest BCUT2D eigenvalue weighted by Crippen LogP contribution is -2.27. The number of amides is 1. The van der Waals surface area contributed by atoms with Gasteiger partial charge in [-0.15, -0.1) is 0 Å². The maximum Gasteiger partial charge on any atom is 0.412 e. The lowest BCUT2D eigenvalue weighted by Gasteiger charge is -2.24.